The minimum Gasteiger partial charge on any atom is -0.392 e. The third-order valence-corrected chi connectivity index (χ3v) is 5.03. The number of rotatable bonds is 6. The van der Waals surface area contributed by atoms with Gasteiger partial charge in [-0.25, -0.2) is 0 Å². The van der Waals surface area contributed by atoms with Crippen LogP contribution in [0.25, 0.3) is 0 Å². The van der Waals surface area contributed by atoms with Gasteiger partial charge in [0, 0.05) is 12.0 Å². The SMILES string of the molecule is CCC1CCC(CN)(C(O)CCSC)CC1. The summed E-state index contributed by atoms with van der Waals surface area (Å²) >= 11 is 1.81. The van der Waals surface area contributed by atoms with Crippen molar-refractivity contribution in [3.05, 3.63) is 0 Å². The molecule has 1 aliphatic carbocycles. The van der Waals surface area contributed by atoms with Gasteiger partial charge in [-0.3, -0.25) is 0 Å². The largest absolute Gasteiger partial charge is 0.392 e. The van der Waals surface area contributed by atoms with Crippen LogP contribution in [0.2, 0.25) is 0 Å². The molecular formula is C13H27NOS. The standard InChI is InChI=1S/C13H27NOS/c1-3-11-4-7-13(10-14,8-5-11)12(15)6-9-16-2/h11-12,15H,3-10,14H2,1-2H3. The molecule has 1 aliphatic rings. The van der Waals surface area contributed by atoms with Crippen LogP contribution in [-0.2, 0) is 0 Å². The molecule has 0 heterocycles. The van der Waals surface area contributed by atoms with Crippen molar-refractivity contribution in [3.8, 4) is 0 Å². The first-order valence-corrected chi connectivity index (χ1v) is 7.95. The molecule has 2 nitrogen and oxygen atoms in total. The average Bonchev–Trinajstić information content (AvgIpc) is 2.35. The Bertz CT molecular complexity index is 190. The predicted octanol–water partition coefficient (Wildman–Crippen LogP) is 2.65. The van der Waals surface area contributed by atoms with Crippen molar-refractivity contribution in [1.82, 2.24) is 0 Å². The van der Waals surface area contributed by atoms with Crippen LogP contribution >= 0.6 is 11.8 Å². The Kier molecular flexibility index (Phi) is 6.16. The van der Waals surface area contributed by atoms with Gasteiger partial charge in [-0.15, -0.1) is 0 Å². The van der Waals surface area contributed by atoms with E-state index in [-0.39, 0.29) is 11.5 Å². The van der Waals surface area contributed by atoms with Gasteiger partial charge in [0.15, 0.2) is 0 Å². The third kappa shape index (κ3) is 3.38. The molecule has 0 aromatic carbocycles. The van der Waals surface area contributed by atoms with Gasteiger partial charge in [0.25, 0.3) is 0 Å². The fourth-order valence-corrected chi connectivity index (χ4v) is 3.33. The summed E-state index contributed by atoms with van der Waals surface area (Å²) < 4.78 is 0. The topological polar surface area (TPSA) is 46.2 Å². The lowest BCUT2D eigenvalue weighted by Crippen LogP contribution is -2.44. The number of nitrogens with two attached hydrogens (primary N) is 1. The lowest BCUT2D eigenvalue weighted by atomic mass is 9.66. The normalized spacial score (nSPS) is 32.6. The second-order valence-corrected chi connectivity index (χ2v) is 6.20. The zero-order valence-electron chi connectivity index (χ0n) is 10.7. The second-order valence-electron chi connectivity index (χ2n) is 5.22. The Morgan fingerprint density at radius 2 is 2.06 bits per heavy atom. The van der Waals surface area contributed by atoms with Crippen molar-refractivity contribution in [3.63, 3.8) is 0 Å². The molecule has 3 heteroatoms. The Morgan fingerprint density at radius 1 is 1.44 bits per heavy atom. The van der Waals surface area contributed by atoms with Crippen LogP contribution in [0.15, 0.2) is 0 Å². The molecule has 0 aromatic rings. The lowest BCUT2D eigenvalue weighted by molar-refractivity contribution is -0.00961. The summed E-state index contributed by atoms with van der Waals surface area (Å²) in [6.07, 6.45) is 8.83. The van der Waals surface area contributed by atoms with E-state index in [1.165, 1.54) is 19.3 Å². The van der Waals surface area contributed by atoms with E-state index in [0.717, 1.165) is 30.9 Å². The van der Waals surface area contributed by atoms with Gasteiger partial charge >= 0.3 is 0 Å². The van der Waals surface area contributed by atoms with Crippen LogP contribution in [-0.4, -0.2) is 29.8 Å². The van der Waals surface area contributed by atoms with E-state index < -0.39 is 0 Å². The Morgan fingerprint density at radius 3 is 2.50 bits per heavy atom. The fourth-order valence-electron chi connectivity index (χ4n) is 2.87. The van der Waals surface area contributed by atoms with E-state index in [2.05, 4.69) is 13.2 Å². The first-order chi connectivity index (χ1) is 7.68. The molecule has 0 aromatic heterocycles. The first kappa shape index (κ1) is 14.3. The van der Waals surface area contributed by atoms with Gasteiger partial charge in [-0.2, -0.15) is 11.8 Å². The molecule has 1 fully saturated rings. The van der Waals surface area contributed by atoms with Crippen LogP contribution in [0.1, 0.15) is 45.4 Å². The monoisotopic (exact) mass is 245 g/mol. The van der Waals surface area contributed by atoms with E-state index in [4.69, 9.17) is 5.73 Å². The Labute approximate surface area is 104 Å². The van der Waals surface area contributed by atoms with Crippen molar-refractivity contribution in [2.45, 2.75) is 51.6 Å². The first-order valence-electron chi connectivity index (χ1n) is 6.55. The molecule has 0 saturated heterocycles. The predicted molar refractivity (Wildman–Crippen MR) is 72.7 cm³/mol. The number of hydrogen-bond donors (Lipinski definition) is 2. The van der Waals surface area contributed by atoms with Gasteiger partial charge in [0.05, 0.1) is 6.10 Å². The smallest absolute Gasteiger partial charge is 0.0616 e. The fraction of sp³-hybridized carbons (Fsp3) is 1.00. The van der Waals surface area contributed by atoms with Crippen LogP contribution < -0.4 is 5.73 Å². The zero-order valence-corrected chi connectivity index (χ0v) is 11.6. The molecule has 1 rings (SSSR count). The summed E-state index contributed by atoms with van der Waals surface area (Å²) in [5.41, 5.74) is 5.96. The molecule has 1 unspecified atom stereocenters. The van der Waals surface area contributed by atoms with Crippen LogP contribution in [0, 0.1) is 11.3 Å². The van der Waals surface area contributed by atoms with Gasteiger partial charge in [-0.05, 0) is 50.0 Å². The molecule has 0 amide bonds. The van der Waals surface area contributed by atoms with Crippen molar-refractivity contribution in [1.29, 1.82) is 0 Å². The summed E-state index contributed by atoms with van der Waals surface area (Å²) in [5, 5.41) is 10.3. The maximum atomic E-state index is 10.3. The number of aliphatic hydroxyl groups excluding tert-OH is 1. The van der Waals surface area contributed by atoms with E-state index in [1.54, 1.807) is 0 Å². The van der Waals surface area contributed by atoms with Crippen molar-refractivity contribution < 1.29 is 5.11 Å². The molecule has 0 radical (unpaired) electrons. The molecule has 16 heavy (non-hydrogen) atoms. The zero-order chi connectivity index (χ0) is 12.0. The van der Waals surface area contributed by atoms with E-state index >= 15 is 0 Å². The minimum absolute atomic E-state index is 0.0292. The molecule has 0 aliphatic heterocycles. The van der Waals surface area contributed by atoms with E-state index in [1.807, 2.05) is 11.8 Å². The molecule has 3 N–H and O–H groups in total. The third-order valence-electron chi connectivity index (χ3n) is 4.39. The quantitative estimate of drug-likeness (QED) is 0.756. The molecular weight excluding hydrogens is 218 g/mol. The van der Waals surface area contributed by atoms with E-state index in [9.17, 15) is 5.11 Å². The van der Waals surface area contributed by atoms with Crippen molar-refractivity contribution in [2.24, 2.45) is 17.1 Å². The van der Waals surface area contributed by atoms with Crippen molar-refractivity contribution >= 4 is 11.8 Å². The maximum Gasteiger partial charge on any atom is 0.0616 e. The van der Waals surface area contributed by atoms with Crippen LogP contribution in [0.5, 0.6) is 0 Å². The second kappa shape index (κ2) is 6.87. The molecule has 0 spiro atoms. The van der Waals surface area contributed by atoms with Crippen LogP contribution in [0.4, 0.5) is 0 Å². The summed E-state index contributed by atoms with van der Waals surface area (Å²) in [4.78, 5) is 0. The highest BCUT2D eigenvalue weighted by Gasteiger charge is 2.39. The molecule has 1 atom stereocenters. The highest BCUT2D eigenvalue weighted by atomic mass is 32.2. The molecule has 96 valence electrons. The number of aliphatic hydroxyl groups is 1. The number of thioether (sulfide) groups is 1. The number of hydrogen-bond acceptors (Lipinski definition) is 3. The van der Waals surface area contributed by atoms with Gasteiger partial charge in [0.1, 0.15) is 0 Å². The highest BCUT2D eigenvalue weighted by Crippen LogP contribution is 2.42. The summed E-state index contributed by atoms with van der Waals surface area (Å²) in [7, 11) is 0. The summed E-state index contributed by atoms with van der Waals surface area (Å²) in [5.74, 6) is 1.91. The maximum absolute atomic E-state index is 10.3. The summed E-state index contributed by atoms with van der Waals surface area (Å²) in [6, 6.07) is 0. The molecule has 1 saturated carbocycles. The van der Waals surface area contributed by atoms with Crippen molar-refractivity contribution in [2.75, 3.05) is 18.6 Å². The summed E-state index contributed by atoms with van der Waals surface area (Å²) in [6.45, 7) is 2.92. The van der Waals surface area contributed by atoms with Gasteiger partial charge < -0.3 is 10.8 Å². The molecule has 0 bridgehead atoms. The Balaban J connectivity index is 2.51. The minimum atomic E-state index is -0.192. The lowest BCUT2D eigenvalue weighted by Gasteiger charge is -2.42. The van der Waals surface area contributed by atoms with E-state index in [0.29, 0.717) is 6.54 Å². The average molecular weight is 245 g/mol. The van der Waals surface area contributed by atoms with Crippen LogP contribution in [0.3, 0.4) is 0 Å². The van der Waals surface area contributed by atoms with Gasteiger partial charge in [-0.1, -0.05) is 13.3 Å². The van der Waals surface area contributed by atoms with Gasteiger partial charge in [0.2, 0.25) is 0 Å². The Hall–Kier alpha value is 0.270. The highest BCUT2D eigenvalue weighted by molar-refractivity contribution is 7.98.